The van der Waals surface area contributed by atoms with Gasteiger partial charge in [-0.1, -0.05) is 0 Å². The number of hydrogen-bond donors (Lipinski definition) is 1. The Labute approximate surface area is 85.7 Å². The van der Waals surface area contributed by atoms with E-state index in [0.29, 0.717) is 0 Å². The molecule has 0 aromatic carbocycles. The van der Waals surface area contributed by atoms with Crippen molar-refractivity contribution < 1.29 is 9.59 Å². The van der Waals surface area contributed by atoms with Gasteiger partial charge in [0.1, 0.15) is 6.54 Å². The van der Waals surface area contributed by atoms with Crippen LogP contribution in [-0.2, 0) is 16.1 Å². The van der Waals surface area contributed by atoms with Crippen molar-refractivity contribution >= 4 is 11.7 Å². The molecule has 15 heavy (non-hydrogen) atoms. The third-order valence-electron chi connectivity index (χ3n) is 1.76. The Morgan fingerprint density at radius 3 is 2.73 bits per heavy atom. The van der Waals surface area contributed by atoms with Gasteiger partial charge >= 0.3 is 0 Å². The van der Waals surface area contributed by atoms with Crippen LogP contribution in [0.1, 0.15) is 12.8 Å². The number of aromatic nitrogens is 2. The highest BCUT2D eigenvalue weighted by molar-refractivity contribution is 5.83. The number of nitrogens with two attached hydrogens (primary N) is 1. The Kier molecular flexibility index (Phi) is 3.73. The predicted octanol–water partition coefficient (Wildman–Crippen LogP) is -0.922. The van der Waals surface area contributed by atoms with Gasteiger partial charge < -0.3 is 5.73 Å². The lowest BCUT2D eigenvalue weighted by Gasteiger charge is -2.01. The average Bonchev–Trinajstić information content (AvgIpc) is 2.18. The standard InChI is InChI=1S/C9H11N3O3/c10-8(14)4-3-7(13)6-12-9(15)2-1-5-11-12/h1-2,5H,3-4,6H2,(H2,10,14). The fraction of sp³-hybridized carbons (Fsp3) is 0.333. The number of ketones is 1. The van der Waals surface area contributed by atoms with Crippen LogP contribution in [0.2, 0.25) is 0 Å². The highest BCUT2D eigenvalue weighted by Crippen LogP contribution is 1.91. The minimum Gasteiger partial charge on any atom is -0.370 e. The molecule has 6 heteroatoms. The maximum atomic E-state index is 11.3. The van der Waals surface area contributed by atoms with Gasteiger partial charge in [0.15, 0.2) is 5.78 Å². The maximum absolute atomic E-state index is 11.3. The minimum atomic E-state index is -0.531. The van der Waals surface area contributed by atoms with Gasteiger partial charge in [0.25, 0.3) is 5.56 Å². The molecule has 1 aromatic rings. The van der Waals surface area contributed by atoms with Crippen LogP contribution in [0.15, 0.2) is 23.1 Å². The van der Waals surface area contributed by atoms with Crippen LogP contribution in [0, 0.1) is 0 Å². The van der Waals surface area contributed by atoms with Crippen molar-refractivity contribution in [3.05, 3.63) is 28.7 Å². The third kappa shape index (κ3) is 3.72. The molecule has 0 spiro atoms. The highest BCUT2D eigenvalue weighted by atomic mass is 16.2. The van der Waals surface area contributed by atoms with Gasteiger partial charge in [0, 0.05) is 25.1 Å². The smallest absolute Gasteiger partial charge is 0.267 e. The molecule has 80 valence electrons. The van der Waals surface area contributed by atoms with Crippen LogP contribution in [0.25, 0.3) is 0 Å². The molecule has 1 heterocycles. The molecule has 1 amide bonds. The molecule has 0 saturated heterocycles. The lowest BCUT2D eigenvalue weighted by atomic mass is 10.2. The monoisotopic (exact) mass is 209 g/mol. The summed E-state index contributed by atoms with van der Waals surface area (Å²) in [5.74, 6) is -0.772. The molecular weight excluding hydrogens is 198 g/mol. The Morgan fingerprint density at radius 1 is 1.40 bits per heavy atom. The number of hydrogen-bond acceptors (Lipinski definition) is 4. The molecule has 2 N–H and O–H groups in total. The van der Waals surface area contributed by atoms with E-state index in [0.717, 1.165) is 4.68 Å². The van der Waals surface area contributed by atoms with Crippen LogP contribution < -0.4 is 11.3 Å². The first-order chi connectivity index (χ1) is 7.09. The molecule has 1 aromatic heterocycles. The van der Waals surface area contributed by atoms with E-state index in [4.69, 9.17) is 5.73 Å². The van der Waals surface area contributed by atoms with Crippen molar-refractivity contribution in [3.63, 3.8) is 0 Å². The zero-order chi connectivity index (χ0) is 11.3. The first kappa shape index (κ1) is 11.1. The van der Waals surface area contributed by atoms with Crippen LogP contribution in [-0.4, -0.2) is 21.5 Å². The van der Waals surface area contributed by atoms with E-state index in [9.17, 15) is 14.4 Å². The number of amides is 1. The van der Waals surface area contributed by atoms with Crippen molar-refractivity contribution in [1.29, 1.82) is 0 Å². The quantitative estimate of drug-likeness (QED) is 0.678. The number of carbonyl (C=O) groups is 2. The predicted molar refractivity (Wildman–Crippen MR) is 51.9 cm³/mol. The van der Waals surface area contributed by atoms with Gasteiger partial charge in [-0.05, 0) is 6.07 Å². The summed E-state index contributed by atoms with van der Waals surface area (Å²) in [5.41, 5.74) is 4.55. The molecule has 0 aliphatic heterocycles. The van der Waals surface area contributed by atoms with E-state index in [1.807, 2.05) is 0 Å². The molecule has 1 rings (SSSR count). The zero-order valence-corrected chi connectivity index (χ0v) is 8.05. The van der Waals surface area contributed by atoms with Crippen molar-refractivity contribution in [3.8, 4) is 0 Å². The number of Topliss-reactive ketones (excluding diaryl/α,β-unsaturated/α-hetero) is 1. The van der Waals surface area contributed by atoms with E-state index in [1.165, 1.54) is 18.3 Å². The van der Waals surface area contributed by atoms with Gasteiger partial charge in [0.05, 0.1) is 0 Å². The Bertz CT molecular complexity index is 425. The maximum Gasteiger partial charge on any atom is 0.267 e. The number of primary amides is 1. The van der Waals surface area contributed by atoms with E-state index in [2.05, 4.69) is 5.10 Å². The van der Waals surface area contributed by atoms with Crippen LogP contribution in [0.3, 0.4) is 0 Å². The Balaban J connectivity index is 2.56. The van der Waals surface area contributed by atoms with E-state index in [-0.39, 0.29) is 30.7 Å². The van der Waals surface area contributed by atoms with E-state index in [1.54, 1.807) is 0 Å². The molecule has 0 bridgehead atoms. The molecule has 0 aliphatic carbocycles. The fourth-order valence-electron chi connectivity index (χ4n) is 1.01. The minimum absolute atomic E-state index is 0.000414. The molecule has 0 unspecified atom stereocenters. The van der Waals surface area contributed by atoms with Crippen molar-refractivity contribution in [2.45, 2.75) is 19.4 Å². The number of nitrogens with zero attached hydrogens (tertiary/aromatic N) is 2. The summed E-state index contributed by atoms with van der Waals surface area (Å²) in [6.07, 6.45) is 1.46. The molecular formula is C9H11N3O3. The Hall–Kier alpha value is -1.98. The molecule has 0 saturated carbocycles. The van der Waals surface area contributed by atoms with Crippen molar-refractivity contribution in [1.82, 2.24) is 9.78 Å². The van der Waals surface area contributed by atoms with Crippen LogP contribution in [0.5, 0.6) is 0 Å². The van der Waals surface area contributed by atoms with Gasteiger partial charge in [-0.3, -0.25) is 14.4 Å². The van der Waals surface area contributed by atoms with Crippen molar-refractivity contribution in [2.75, 3.05) is 0 Å². The summed E-state index contributed by atoms with van der Waals surface area (Å²) in [6.45, 7) is -0.118. The second kappa shape index (κ2) is 5.04. The Morgan fingerprint density at radius 2 is 2.13 bits per heavy atom. The van der Waals surface area contributed by atoms with Gasteiger partial charge in [-0.25, -0.2) is 4.68 Å². The topological polar surface area (TPSA) is 95.1 Å². The van der Waals surface area contributed by atoms with Crippen molar-refractivity contribution in [2.24, 2.45) is 5.73 Å². The largest absolute Gasteiger partial charge is 0.370 e. The summed E-state index contributed by atoms with van der Waals surface area (Å²) >= 11 is 0. The van der Waals surface area contributed by atoms with E-state index >= 15 is 0 Å². The zero-order valence-electron chi connectivity index (χ0n) is 8.05. The second-order valence-corrected chi connectivity index (χ2v) is 3.02. The van der Waals surface area contributed by atoms with Crippen LogP contribution >= 0.6 is 0 Å². The molecule has 0 radical (unpaired) electrons. The lowest BCUT2D eigenvalue weighted by Crippen LogP contribution is -2.26. The molecule has 0 aliphatic rings. The van der Waals surface area contributed by atoms with E-state index < -0.39 is 5.91 Å². The van der Waals surface area contributed by atoms with Gasteiger partial charge in [-0.15, -0.1) is 0 Å². The normalized spacial score (nSPS) is 9.87. The SMILES string of the molecule is NC(=O)CCC(=O)Cn1ncccc1=O. The number of rotatable bonds is 5. The third-order valence-corrected chi connectivity index (χ3v) is 1.76. The molecule has 6 nitrogen and oxygen atoms in total. The summed E-state index contributed by atoms with van der Waals surface area (Å²) < 4.78 is 1.04. The van der Waals surface area contributed by atoms with Crippen LogP contribution in [0.4, 0.5) is 0 Å². The first-order valence-corrected chi connectivity index (χ1v) is 4.42. The van der Waals surface area contributed by atoms with Gasteiger partial charge in [0.2, 0.25) is 5.91 Å². The molecule has 0 fully saturated rings. The highest BCUT2D eigenvalue weighted by Gasteiger charge is 2.06. The second-order valence-electron chi connectivity index (χ2n) is 3.02. The summed E-state index contributed by atoms with van der Waals surface area (Å²) in [6, 6.07) is 2.81. The van der Waals surface area contributed by atoms with Gasteiger partial charge in [-0.2, -0.15) is 5.10 Å². The fourth-order valence-corrected chi connectivity index (χ4v) is 1.01. The summed E-state index contributed by atoms with van der Waals surface area (Å²) in [5, 5.41) is 3.71. The molecule has 0 atom stereocenters. The average molecular weight is 209 g/mol. The summed E-state index contributed by atoms with van der Waals surface area (Å²) in [7, 11) is 0. The summed E-state index contributed by atoms with van der Waals surface area (Å²) in [4.78, 5) is 32.8. The number of carbonyl (C=O) groups excluding carboxylic acids is 2. The lowest BCUT2D eigenvalue weighted by molar-refractivity contribution is -0.124. The first-order valence-electron chi connectivity index (χ1n) is 4.42.